The number of rotatable bonds is 4. The van der Waals surface area contributed by atoms with Gasteiger partial charge in [0, 0.05) is 32.6 Å². The zero-order valence-electron chi connectivity index (χ0n) is 16.5. The van der Waals surface area contributed by atoms with Gasteiger partial charge in [0.15, 0.2) is 0 Å². The number of carbonyl (C=O) groups is 1. The minimum Gasteiger partial charge on any atom is -0.444 e. The summed E-state index contributed by atoms with van der Waals surface area (Å²) < 4.78 is 5.47. The Hall–Kier alpha value is -2.05. The molecule has 0 aliphatic carbocycles. The molecule has 7 heteroatoms. The summed E-state index contributed by atoms with van der Waals surface area (Å²) in [6.07, 6.45) is 0.485. The van der Waals surface area contributed by atoms with Crippen LogP contribution in [0.25, 0.3) is 0 Å². The normalized spacial score (nSPS) is 16.6. The molecule has 2 N–H and O–H groups in total. The molecule has 0 spiro atoms. The van der Waals surface area contributed by atoms with Crippen LogP contribution < -0.4 is 10.6 Å². The van der Waals surface area contributed by atoms with Crippen LogP contribution in [0.2, 0.25) is 0 Å². The van der Waals surface area contributed by atoms with Crippen LogP contribution in [0, 0.1) is 5.92 Å². The van der Waals surface area contributed by atoms with E-state index in [9.17, 15) is 4.79 Å². The summed E-state index contributed by atoms with van der Waals surface area (Å²) in [7, 11) is 1.78. The monoisotopic (exact) mass is 349 g/mol. The molecule has 0 radical (unpaired) electrons. The summed E-state index contributed by atoms with van der Waals surface area (Å²) in [6, 6.07) is 1.79. The van der Waals surface area contributed by atoms with Gasteiger partial charge in [-0.25, -0.2) is 14.8 Å². The Bertz CT molecular complexity index is 633. The van der Waals surface area contributed by atoms with Crippen LogP contribution in [0.4, 0.5) is 16.4 Å². The number of hydrogen-bond donors (Lipinski definition) is 1. The predicted octanol–water partition coefficient (Wildman–Crippen LogP) is 2.70. The highest BCUT2D eigenvalue weighted by molar-refractivity contribution is 5.70. The van der Waals surface area contributed by atoms with Gasteiger partial charge in [0.1, 0.15) is 23.1 Å². The highest BCUT2D eigenvalue weighted by Crippen LogP contribution is 2.32. The zero-order valence-corrected chi connectivity index (χ0v) is 16.5. The summed E-state index contributed by atoms with van der Waals surface area (Å²) in [5, 5.41) is 0. The molecule has 7 nitrogen and oxygen atoms in total. The van der Waals surface area contributed by atoms with Crippen molar-refractivity contribution in [2.45, 2.75) is 59.1 Å². The molecule has 2 rings (SSSR count). The molecule has 1 aliphatic heterocycles. The van der Waals surface area contributed by atoms with Gasteiger partial charge in [-0.2, -0.15) is 0 Å². The lowest BCUT2D eigenvalue weighted by Gasteiger charge is -2.53. The van der Waals surface area contributed by atoms with E-state index in [0.717, 1.165) is 18.1 Å². The third-order valence-electron chi connectivity index (χ3n) is 4.23. The Balaban J connectivity index is 2.05. The minimum absolute atomic E-state index is 0.291. The molecule has 25 heavy (non-hydrogen) atoms. The first-order valence-electron chi connectivity index (χ1n) is 8.75. The Labute approximate surface area is 150 Å². The van der Waals surface area contributed by atoms with Crippen molar-refractivity contribution in [1.82, 2.24) is 14.9 Å². The maximum absolute atomic E-state index is 12.3. The number of aromatic nitrogens is 2. The standard InChI is InChI=1S/C18H31N5O2/c1-12(2)8-14-20-13(19)9-15(21-14)23-10-18(6,11-23)22(7)16(24)25-17(3,4)5/h9,12H,8,10-11H2,1-7H3,(H2,19,20,21). The summed E-state index contributed by atoms with van der Waals surface area (Å²) >= 11 is 0. The van der Waals surface area contributed by atoms with Crippen molar-refractivity contribution < 1.29 is 9.53 Å². The summed E-state index contributed by atoms with van der Waals surface area (Å²) in [5.74, 6) is 2.53. The predicted molar refractivity (Wildman–Crippen MR) is 99.6 cm³/mol. The van der Waals surface area contributed by atoms with E-state index in [1.807, 2.05) is 27.7 Å². The highest BCUT2D eigenvalue weighted by Gasteiger charge is 2.46. The number of nitrogens with zero attached hydrogens (tertiary/aromatic N) is 4. The number of hydrogen-bond acceptors (Lipinski definition) is 6. The van der Waals surface area contributed by atoms with E-state index in [2.05, 4.69) is 28.7 Å². The largest absolute Gasteiger partial charge is 0.444 e. The van der Waals surface area contributed by atoms with Crippen LogP contribution in [-0.4, -0.2) is 52.2 Å². The van der Waals surface area contributed by atoms with Crippen molar-refractivity contribution in [3.63, 3.8) is 0 Å². The molecular formula is C18H31N5O2. The third-order valence-corrected chi connectivity index (χ3v) is 4.23. The van der Waals surface area contributed by atoms with Crippen LogP contribution in [0.3, 0.4) is 0 Å². The fourth-order valence-corrected chi connectivity index (χ4v) is 2.82. The quantitative estimate of drug-likeness (QED) is 0.899. The molecule has 1 saturated heterocycles. The van der Waals surface area contributed by atoms with E-state index in [4.69, 9.17) is 10.5 Å². The van der Waals surface area contributed by atoms with Crippen LogP contribution >= 0.6 is 0 Å². The van der Waals surface area contributed by atoms with Gasteiger partial charge in [0.2, 0.25) is 0 Å². The van der Waals surface area contributed by atoms with E-state index in [1.54, 1.807) is 18.0 Å². The van der Waals surface area contributed by atoms with Gasteiger partial charge in [0.25, 0.3) is 0 Å². The van der Waals surface area contributed by atoms with Crippen molar-refractivity contribution in [2.24, 2.45) is 5.92 Å². The van der Waals surface area contributed by atoms with E-state index in [-0.39, 0.29) is 11.6 Å². The molecule has 2 heterocycles. The van der Waals surface area contributed by atoms with E-state index < -0.39 is 5.60 Å². The van der Waals surface area contributed by atoms with Gasteiger partial charge in [0.05, 0.1) is 5.54 Å². The molecule has 1 aromatic heterocycles. The number of likely N-dealkylation sites (N-methyl/N-ethyl adjacent to an activating group) is 1. The second kappa shape index (κ2) is 6.69. The maximum Gasteiger partial charge on any atom is 0.410 e. The summed E-state index contributed by atoms with van der Waals surface area (Å²) in [4.78, 5) is 25.0. The first-order valence-corrected chi connectivity index (χ1v) is 8.75. The number of carbonyl (C=O) groups excluding carboxylic acids is 1. The first-order chi connectivity index (χ1) is 11.4. The third kappa shape index (κ3) is 4.74. The molecule has 0 bridgehead atoms. The van der Waals surface area contributed by atoms with Gasteiger partial charge < -0.3 is 20.3 Å². The average molecular weight is 349 g/mol. The lowest BCUT2D eigenvalue weighted by Crippen LogP contribution is -2.69. The highest BCUT2D eigenvalue weighted by atomic mass is 16.6. The van der Waals surface area contributed by atoms with Gasteiger partial charge in [-0.05, 0) is 33.6 Å². The second-order valence-electron chi connectivity index (χ2n) is 8.56. The van der Waals surface area contributed by atoms with Crippen LogP contribution in [0.15, 0.2) is 6.07 Å². The van der Waals surface area contributed by atoms with Crippen LogP contribution in [0.1, 0.15) is 47.4 Å². The fourth-order valence-electron chi connectivity index (χ4n) is 2.82. The molecule has 0 unspecified atom stereocenters. The van der Waals surface area contributed by atoms with E-state index >= 15 is 0 Å². The van der Waals surface area contributed by atoms with Gasteiger partial charge in [-0.3, -0.25) is 0 Å². The van der Waals surface area contributed by atoms with Crippen molar-refractivity contribution in [3.8, 4) is 0 Å². The van der Waals surface area contributed by atoms with Crippen LogP contribution in [0.5, 0.6) is 0 Å². The van der Waals surface area contributed by atoms with Gasteiger partial charge >= 0.3 is 6.09 Å². The van der Waals surface area contributed by atoms with Gasteiger partial charge in [-0.15, -0.1) is 0 Å². The number of amides is 1. The van der Waals surface area contributed by atoms with Crippen molar-refractivity contribution >= 4 is 17.7 Å². The lowest BCUT2D eigenvalue weighted by molar-refractivity contribution is 0.00247. The van der Waals surface area contributed by atoms with Crippen molar-refractivity contribution in [3.05, 3.63) is 11.9 Å². The molecule has 1 amide bonds. The summed E-state index contributed by atoms with van der Waals surface area (Å²) in [6.45, 7) is 13.3. The topological polar surface area (TPSA) is 84.6 Å². The minimum atomic E-state index is -0.502. The Morgan fingerprint density at radius 3 is 2.52 bits per heavy atom. The SMILES string of the molecule is CC(C)Cc1nc(N)cc(N2CC(C)(N(C)C(=O)OC(C)(C)C)C2)n1. The molecule has 1 fully saturated rings. The number of ether oxygens (including phenoxy) is 1. The number of nitrogens with two attached hydrogens (primary N) is 1. The van der Waals surface area contributed by atoms with Gasteiger partial charge in [-0.1, -0.05) is 13.8 Å². The Morgan fingerprint density at radius 2 is 2.00 bits per heavy atom. The number of anilines is 2. The number of nitrogen functional groups attached to an aromatic ring is 1. The smallest absolute Gasteiger partial charge is 0.410 e. The molecule has 1 aromatic rings. The van der Waals surface area contributed by atoms with Crippen molar-refractivity contribution in [1.29, 1.82) is 0 Å². The van der Waals surface area contributed by atoms with Crippen LogP contribution in [-0.2, 0) is 11.2 Å². The molecular weight excluding hydrogens is 318 g/mol. The molecule has 0 saturated carbocycles. The Morgan fingerprint density at radius 1 is 1.40 bits per heavy atom. The van der Waals surface area contributed by atoms with Crippen molar-refractivity contribution in [2.75, 3.05) is 30.8 Å². The molecule has 0 atom stereocenters. The van der Waals surface area contributed by atoms with E-state index in [0.29, 0.717) is 24.8 Å². The zero-order chi connectivity index (χ0) is 19.0. The fraction of sp³-hybridized carbons (Fsp3) is 0.722. The second-order valence-corrected chi connectivity index (χ2v) is 8.56. The Kier molecular flexibility index (Phi) is 5.16. The van der Waals surface area contributed by atoms with E-state index in [1.165, 1.54) is 0 Å². The maximum atomic E-state index is 12.3. The molecule has 0 aromatic carbocycles. The molecule has 140 valence electrons. The average Bonchev–Trinajstić information content (AvgIpc) is 2.39. The lowest BCUT2D eigenvalue weighted by atomic mass is 9.90. The molecule has 1 aliphatic rings. The summed E-state index contributed by atoms with van der Waals surface area (Å²) in [5.41, 5.74) is 5.14. The first kappa shape index (κ1) is 19.3.